The molecule has 6 rings (SSSR count). The van der Waals surface area contributed by atoms with Crippen molar-refractivity contribution in [2.24, 2.45) is 0 Å². The van der Waals surface area contributed by atoms with E-state index in [9.17, 15) is 0 Å². The van der Waals surface area contributed by atoms with Crippen LogP contribution < -0.4 is 14.4 Å². The zero-order valence-corrected chi connectivity index (χ0v) is 22.1. The molecule has 188 valence electrons. The largest absolute Gasteiger partial charge is 0.497 e. The van der Waals surface area contributed by atoms with Crippen LogP contribution in [0.15, 0.2) is 109 Å². The molecule has 0 amide bonds. The summed E-state index contributed by atoms with van der Waals surface area (Å²) >= 11 is 0. The van der Waals surface area contributed by atoms with Crippen LogP contribution >= 0.6 is 0 Å². The molecule has 0 atom stereocenters. The quantitative estimate of drug-likeness (QED) is 0.229. The summed E-state index contributed by atoms with van der Waals surface area (Å²) in [5.74, 6) is 1.66. The summed E-state index contributed by atoms with van der Waals surface area (Å²) in [4.78, 5) is 2.24. The van der Waals surface area contributed by atoms with E-state index in [1.807, 2.05) is 24.3 Å². The molecule has 1 heterocycles. The second-order valence-corrected chi connectivity index (χ2v) is 9.62. The molecule has 0 saturated carbocycles. The Balaban J connectivity index is 1.48. The second-order valence-electron chi connectivity index (χ2n) is 9.62. The lowest BCUT2D eigenvalue weighted by atomic mass is 10.1. The number of hydrogen-bond acceptors (Lipinski definition) is 3. The van der Waals surface area contributed by atoms with Crippen LogP contribution in [0.25, 0.3) is 27.5 Å². The van der Waals surface area contributed by atoms with Crippen molar-refractivity contribution in [3.63, 3.8) is 0 Å². The fourth-order valence-corrected chi connectivity index (χ4v) is 5.19. The van der Waals surface area contributed by atoms with Crippen LogP contribution in [0.1, 0.15) is 11.1 Å². The molecule has 0 aliphatic carbocycles. The highest BCUT2D eigenvalue weighted by atomic mass is 16.5. The Morgan fingerprint density at radius 2 is 0.895 bits per heavy atom. The lowest BCUT2D eigenvalue weighted by Crippen LogP contribution is -2.10. The van der Waals surface area contributed by atoms with Crippen LogP contribution in [0.4, 0.5) is 17.1 Å². The molecule has 0 N–H and O–H groups in total. The Labute approximate surface area is 223 Å². The van der Waals surface area contributed by atoms with Crippen LogP contribution in [0, 0.1) is 13.8 Å². The number of fused-ring (bicyclic) bond motifs is 3. The highest BCUT2D eigenvalue weighted by Crippen LogP contribution is 2.38. The molecule has 38 heavy (non-hydrogen) atoms. The number of aryl methyl sites for hydroxylation is 2. The van der Waals surface area contributed by atoms with Crippen molar-refractivity contribution >= 4 is 38.9 Å². The lowest BCUT2D eigenvalue weighted by molar-refractivity contribution is 0.415. The smallest absolute Gasteiger partial charge is 0.119 e. The first-order valence-corrected chi connectivity index (χ1v) is 12.8. The normalized spacial score (nSPS) is 11.2. The maximum Gasteiger partial charge on any atom is 0.119 e. The Morgan fingerprint density at radius 1 is 0.500 bits per heavy atom. The summed E-state index contributed by atoms with van der Waals surface area (Å²) in [7, 11) is 3.37. The lowest BCUT2D eigenvalue weighted by Gasteiger charge is -2.26. The first-order valence-electron chi connectivity index (χ1n) is 12.8. The molecule has 0 spiro atoms. The van der Waals surface area contributed by atoms with Gasteiger partial charge < -0.3 is 18.9 Å². The van der Waals surface area contributed by atoms with Crippen molar-refractivity contribution in [2.75, 3.05) is 19.1 Å². The number of ether oxygens (including phenoxy) is 2. The Morgan fingerprint density at radius 3 is 1.29 bits per heavy atom. The summed E-state index contributed by atoms with van der Waals surface area (Å²) in [5, 5.41) is 2.57. The van der Waals surface area contributed by atoms with E-state index >= 15 is 0 Å². The number of aromatic nitrogens is 1. The maximum absolute atomic E-state index is 5.39. The Bertz CT molecular complexity index is 1620. The summed E-state index contributed by atoms with van der Waals surface area (Å²) in [6.45, 7) is 4.31. The third-order valence-corrected chi connectivity index (χ3v) is 7.10. The first-order chi connectivity index (χ1) is 18.6. The van der Waals surface area contributed by atoms with Gasteiger partial charge >= 0.3 is 0 Å². The molecule has 0 unspecified atom stereocenters. The van der Waals surface area contributed by atoms with Crippen LogP contribution in [0.3, 0.4) is 0 Å². The predicted molar refractivity (Wildman–Crippen MR) is 158 cm³/mol. The minimum atomic E-state index is 0.829. The average Bonchev–Trinajstić information content (AvgIpc) is 3.27. The topological polar surface area (TPSA) is 26.6 Å². The van der Waals surface area contributed by atoms with E-state index < -0.39 is 0 Å². The minimum absolute atomic E-state index is 0.829. The van der Waals surface area contributed by atoms with Crippen molar-refractivity contribution < 1.29 is 9.47 Å². The van der Waals surface area contributed by atoms with E-state index in [0.29, 0.717) is 0 Å². The minimum Gasteiger partial charge on any atom is -0.497 e. The third-order valence-electron chi connectivity index (χ3n) is 7.10. The number of methoxy groups -OCH3 is 2. The Kier molecular flexibility index (Phi) is 6.01. The monoisotopic (exact) mass is 498 g/mol. The van der Waals surface area contributed by atoms with Gasteiger partial charge in [-0.25, -0.2) is 0 Å². The van der Waals surface area contributed by atoms with Gasteiger partial charge in [-0.1, -0.05) is 23.3 Å². The average molecular weight is 499 g/mol. The van der Waals surface area contributed by atoms with Gasteiger partial charge in [-0.15, -0.1) is 0 Å². The van der Waals surface area contributed by atoms with Gasteiger partial charge in [0.15, 0.2) is 0 Å². The maximum atomic E-state index is 5.39. The van der Waals surface area contributed by atoms with Crippen LogP contribution in [0.2, 0.25) is 0 Å². The predicted octanol–water partition coefficient (Wildman–Crippen LogP) is 8.89. The van der Waals surface area contributed by atoms with Crippen molar-refractivity contribution in [1.82, 2.24) is 4.57 Å². The molecule has 0 aliphatic heterocycles. The van der Waals surface area contributed by atoms with E-state index in [0.717, 1.165) is 34.2 Å². The van der Waals surface area contributed by atoms with Gasteiger partial charge in [-0.05, 0) is 111 Å². The number of benzene rings is 5. The second kappa shape index (κ2) is 9.64. The van der Waals surface area contributed by atoms with Crippen molar-refractivity contribution in [3.05, 3.63) is 120 Å². The van der Waals surface area contributed by atoms with Crippen LogP contribution in [0.5, 0.6) is 11.5 Å². The number of nitrogens with zero attached hydrogens (tertiary/aromatic N) is 2. The summed E-state index contributed by atoms with van der Waals surface area (Å²) in [5.41, 5.74) is 9.25. The fourth-order valence-electron chi connectivity index (χ4n) is 5.19. The molecule has 0 radical (unpaired) electrons. The number of anilines is 3. The molecule has 0 bridgehead atoms. The zero-order chi connectivity index (χ0) is 26.2. The molecule has 5 aromatic carbocycles. The van der Waals surface area contributed by atoms with Gasteiger partial charge in [0.2, 0.25) is 0 Å². The molecule has 0 fully saturated rings. The fraction of sp³-hybridized carbons (Fsp3) is 0.118. The van der Waals surface area contributed by atoms with Crippen molar-refractivity contribution in [1.29, 1.82) is 0 Å². The summed E-state index contributed by atoms with van der Waals surface area (Å²) in [6.07, 6.45) is 0. The van der Waals surface area contributed by atoms with Gasteiger partial charge in [0.05, 0.1) is 25.3 Å². The third kappa shape index (κ3) is 4.14. The molecular weight excluding hydrogens is 468 g/mol. The van der Waals surface area contributed by atoms with Gasteiger partial charge in [-0.3, -0.25) is 0 Å². The highest BCUT2D eigenvalue weighted by Gasteiger charge is 2.16. The van der Waals surface area contributed by atoms with Crippen molar-refractivity contribution in [3.8, 4) is 17.2 Å². The van der Waals surface area contributed by atoms with E-state index in [2.05, 4.69) is 108 Å². The van der Waals surface area contributed by atoms with Gasteiger partial charge in [0, 0.05) is 33.5 Å². The van der Waals surface area contributed by atoms with Crippen LogP contribution in [-0.2, 0) is 0 Å². The first kappa shape index (κ1) is 23.7. The van der Waals surface area contributed by atoms with Gasteiger partial charge in [-0.2, -0.15) is 0 Å². The molecule has 1 aromatic heterocycles. The molecular formula is C34H30N2O2. The highest BCUT2D eigenvalue weighted by molar-refractivity contribution is 6.09. The standard InChI is InChI=1S/C34H30N2O2/c1-23-5-19-33-31(21-23)32-22-24(2)6-20-34(32)36(33)28-9-7-25(8-10-28)35(26-11-15-29(37-3)16-12-26)27-13-17-30(38-4)18-14-27/h5-22H,1-4H3. The molecule has 0 aliphatic rings. The number of hydrogen-bond donors (Lipinski definition) is 0. The molecule has 4 heteroatoms. The van der Waals surface area contributed by atoms with E-state index in [-0.39, 0.29) is 0 Å². The Hall–Kier alpha value is -4.70. The SMILES string of the molecule is COc1ccc(N(c2ccc(OC)cc2)c2ccc(-n3c4ccc(C)cc4c4cc(C)ccc43)cc2)cc1. The van der Waals surface area contributed by atoms with E-state index in [1.54, 1.807) is 14.2 Å². The van der Waals surface area contributed by atoms with E-state index in [4.69, 9.17) is 9.47 Å². The van der Waals surface area contributed by atoms with Gasteiger partial charge in [0.25, 0.3) is 0 Å². The summed E-state index contributed by atoms with van der Waals surface area (Å²) in [6, 6.07) is 38.5. The molecule has 0 saturated heterocycles. The molecule has 4 nitrogen and oxygen atoms in total. The van der Waals surface area contributed by atoms with Crippen LogP contribution in [-0.4, -0.2) is 18.8 Å². The zero-order valence-electron chi connectivity index (χ0n) is 22.1. The van der Waals surface area contributed by atoms with E-state index in [1.165, 1.54) is 32.9 Å². The van der Waals surface area contributed by atoms with Gasteiger partial charge in [0.1, 0.15) is 11.5 Å². The molecule has 6 aromatic rings. The van der Waals surface area contributed by atoms with Crippen molar-refractivity contribution in [2.45, 2.75) is 13.8 Å². The summed E-state index contributed by atoms with van der Waals surface area (Å²) < 4.78 is 13.1. The number of rotatable bonds is 6.